The number of para-hydroxylation sites is 2. The Morgan fingerprint density at radius 1 is 1.18 bits per heavy atom. The maximum absolute atomic E-state index is 13.0. The van der Waals surface area contributed by atoms with Crippen molar-refractivity contribution in [2.24, 2.45) is 0 Å². The van der Waals surface area contributed by atoms with Crippen molar-refractivity contribution >= 4 is 28.7 Å². The van der Waals surface area contributed by atoms with Crippen LogP contribution in [0.4, 0.5) is 8.78 Å². The summed E-state index contributed by atoms with van der Waals surface area (Å²) in [4.78, 5) is 18.9. The first-order valence-electron chi connectivity index (χ1n) is 8.96. The van der Waals surface area contributed by atoms with Crippen LogP contribution in [0.2, 0.25) is 0 Å². The molecule has 1 aromatic heterocycles. The van der Waals surface area contributed by atoms with E-state index in [1.807, 2.05) is 36.4 Å². The lowest BCUT2D eigenvalue weighted by Crippen LogP contribution is -2.43. The molecule has 0 radical (unpaired) electrons. The summed E-state index contributed by atoms with van der Waals surface area (Å²) in [5, 5.41) is 0.150. The number of morpholine rings is 1. The van der Waals surface area contributed by atoms with Crippen LogP contribution in [0.3, 0.4) is 0 Å². The molecule has 0 saturated carbocycles. The number of carbonyl (C=O) groups is 1. The highest BCUT2D eigenvalue weighted by molar-refractivity contribution is 7.99. The standard InChI is InChI=1S/C20H19F2N3O2S/c21-19(22)28-20-23-15-8-4-5-9-16(15)25(20)13-18(26)24-10-11-27-17(12-24)14-6-2-1-3-7-14/h1-9,17,19H,10-13H2. The fourth-order valence-electron chi connectivity index (χ4n) is 3.36. The highest BCUT2D eigenvalue weighted by Gasteiger charge is 2.27. The van der Waals surface area contributed by atoms with Crippen LogP contribution in [-0.4, -0.2) is 45.8 Å². The molecule has 146 valence electrons. The normalized spacial score (nSPS) is 17.4. The van der Waals surface area contributed by atoms with E-state index >= 15 is 0 Å². The van der Waals surface area contributed by atoms with Crippen molar-refractivity contribution in [3.05, 3.63) is 60.2 Å². The SMILES string of the molecule is O=C(Cn1c(SC(F)F)nc2ccccc21)N1CCOC(c2ccccc2)C1. The number of thioether (sulfide) groups is 1. The van der Waals surface area contributed by atoms with E-state index < -0.39 is 5.76 Å². The van der Waals surface area contributed by atoms with Crippen LogP contribution in [0, 0.1) is 0 Å². The van der Waals surface area contributed by atoms with Crippen molar-refractivity contribution in [1.82, 2.24) is 14.5 Å². The van der Waals surface area contributed by atoms with Crippen LogP contribution in [0.1, 0.15) is 11.7 Å². The minimum Gasteiger partial charge on any atom is -0.370 e. The number of ether oxygens (including phenoxy) is 1. The fraction of sp³-hybridized carbons (Fsp3) is 0.300. The highest BCUT2D eigenvalue weighted by atomic mass is 32.2. The topological polar surface area (TPSA) is 47.4 Å². The van der Waals surface area contributed by atoms with Crippen LogP contribution < -0.4 is 0 Å². The van der Waals surface area contributed by atoms with Gasteiger partial charge in [0.05, 0.1) is 24.2 Å². The molecule has 2 heterocycles. The Balaban J connectivity index is 1.54. The average Bonchev–Trinajstić information content (AvgIpc) is 3.05. The molecular formula is C20H19F2N3O2S. The maximum Gasteiger partial charge on any atom is 0.291 e. The number of aromatic nitrogens is 2. The van der Waals surface area contributed by atoms with Crippen molar-refractivity contribution in [3.8, 4) is 0 Å². The lowest BCUT2D eigenvalue weighted by molar-refractivity contribution is -0.139. The third-order valence-electron chi connectivity index (χ3n) is 4.70. The summed E-state index contributed by atoms with van der Waals surface area (Å²) < 4.78 is 33.3. The summed E-state index contributed by atoms with van der Waals surface area (Å²) in [7, 11) is 0. The molecule has 0 N–H and O–H groups in total. The van der Waals surface area contributed by atoms with Gasteiger partial charge in [0.15, 0.2) is 5.16 Å². The largest absolute Gasteiger partial charge is 0.370 e. The van der Waals surface area contributed by atoms with Crippen LogP contribution >= 0.6 is 11.8 Å². The molecule has 5 nitrogen and oxygen atoms in total. The van der Waals surface area contributed by atoms with Gasteiger partial charge in [0.25, 0.3) is 5.76 Å². The van der Waals surface area contributed by atoms with Crippen molar-refractivity contribution in [2.45, 2.75) is 23.6 Å². The second kappa shape index (κ2) is 8.28. The Morgan fingerprint density at radius 3 is 2.71 bits per heavy atom. The van der Waals surface area contributed by atoms with Crippen molar-refractivity contribution in [2.75, 3.05) is 19.7 Å². The zero-order chi connectivity index (χ0) is 19.5. The third-order valence-corrected chi connectivity index (χ3v) is 5.40. The monoisotopic (exact) mass is 403 g/mol. The number of fused-ring (bicyclic) bond motifs is 1. The van der Waals surface area contributed by atoms with Gasteiger partial charge in [0.1, 0.15) is 12.6 Å². The second-order valence-corrected chi connectivity index (χ2v) is 7.41. The molecule has 1 unspecified atom stereocenters. The van der Waals surface area contributed by atoms with Gasteiger partial charge in [-0.3, -0.25) is 4.79 Å². The first-order valence-corrected chi connectivity index (χ1v) is 9.84. The summed E-state index contributed by atoms with van der Waals surface area (Å²) in [5.41, 5.74) is 2.29. The molecule has 0 spiro atoms. The Morgan fingerprint density at radius 2 is 1.93 bits per heavy atom. The molecule has 1 fully saturated rings. The molecule has 1 aliphatic rings. The van der Waals surface area contributed by atoms with Crippen molar-refractivity contribution in [3.63, 3.8) is 0 Å². The van der Waals surface area contributed by atoms with Gasteiger partial charge < -0.3 is 14.2 Å². The van der Waals surface area contributed by atoms with E-state index in [1.165, 1.54) is 0 Å². The van der Waals surface area contributed by atoms with E-state index in [2.05, 4.69) is 4.98 Å². The van der Waals surface area contributed by atoms with E-state index in [0.29, 0.717) is 42.5 Å². The van der Waals surface area contributed by atoms with Crippen LogP contribution in [0.15, 0.2) is 59.8 Å². The molecule has 2 aromatic carbocycles. The molecule has 1 amide bonds. The van der Waals surface area contributed by atoms with E-state index in [0.717, 1.165) is 5.56 Å². The smallest absolute Gasteiger partial charge is 0.291 e. The minimum atomic E-state index is -2.60. The average molecular weight is 403 g/mol. The maximum atomic E-state index is 13.0. The quantitative estimate of drug-likeness (QED) is 0.606. The van der Waals surface area contributed by atoms with Crippen molar-refractivity contribution < 1.29 is 18.3 Å². The van der Waals surface area contributed by atoms with Crippen LogP contribution in [0.5, 0.6) is 0 Å². The Labute approximate surface area is 165 Å². The Hall–Kier alpha value is -2.45. The first-order chi connectivity index (χ1) is 13.6. The zero-order valence-corrected chi connectivity index (χ0v) is 15.8. The number of rotatable bonds is 5. The first kappa shape index (κ1) is 18.9. The number of nitrogens with zero attached hydrogens (tertiary/aromatic N) is 3. The second-order valence-electron chi connectivity index (χ2n) is 6.46. The molecule has 0 aliphatic carbocycles. The summed E-state index contributed by atoms with van der Waals surface area (Å²) >= 11 is 0.360. The summed E-state index contributed by atoms with van der Waals surface area (Å²) in [6.07, 6.45) is -0.187. The van der Waals surface area contributed by atoms with Crippen LogP contribution in [-0.2, 0) is 16.1 Å². The van der Waals surface area contributed by atoms with E-state index in [1.54, 1.807) is 27.7 Å². The summed E-state index contributed by atoms with van der Waals surface area (Å²) in [6, 6.07) is 16.9. The van der Waals surface area contributed by atoms with Crippen LogP contribution in [0.25, 0.3) is 11.0 Å². The van der Waals surface area contributed by atoms with Crippen molar-refractivity contribution in [1.29, 1.82) is 0 Å². The molecule has 8 heteroatoms. The summed E-state index contributed by atoms with van der Waals surface area (Å²) in [6.45, 7) is 1.32. The number of amides is 1. The lowest BCUT2D eigenvalue weighted by Gasteiger charge is -2.33. The van der Waals surface area contributed by atoms with E-state index in [4.69, 9.17) is 4.74 Å². The van der Waals surface area contributed by atoms with Gasteiger partial charge >= 0.3 is 0 Å². The van der Waals surface area contributed by atoms with Gasteiger partial charge in [-0.05, 0) is 29.5 Å². The number of halogens is 2. The third kappa shape index (κ3) is 4.02. The van der Waals surface area contributed by atoms with Gasteiger partial charge in [-0.1, -0.05) is 42.5 Å². The Kier molecular flexibility index (Phi) is 5.59. The molecule has 4 rings (SSSR count). The molecule has 1 aliphatic heterocycles. The number of hydrogen-bond donors (Lipinski definition) is 0. The fourth-order valence-corrected chi connectivity index (χ4v) is 3.96. The van der Waals surface area contributed by atoms with Gasteiger partial charge in [-0.25, -0.2) is 4.98 Å². The van der Waals surface area contributed by atoms with E-state index in [-0.39, 0.29) is 23.7 Å². The lowest BCUT2D eigenvalue weighted by atomic mass is 10.1. The Bertz CT molecular complexity index is 964. The number of benzene rings is 2. The number of carbonyl (C=O) groups excluding carboxylic acids is 1. The molecule has 0 bridgehead atoms. The number of imidazole rings is 1. The molecule has 1 atom stereocenters. The summed E-state index contributed by atoms with van der Waals surface area (Å²) in [5.74, 6) is -2.74. The number of hydrogen-bond acceptors (Lipinski definition) is 4. The van der Waals surface area contributed by atoms with Gasteiger partial charge in [-0.2, -0.15) is 8.78 Å². The predicted molar refractivity (Wildman–Crippen MR) is 103 cm³/mol. The van der Waals surface area contributed by atoms with Gasteiger partial charge in [0, 0.05) is 6.54 Å². The van der Waals surface area contributed by atoms with Gasteiger partial charge in [0.2, 0.25) is 5.91 Å². The predicted octanol–water partition coefficient (Wildman–Crippen LogP) is 3.95. The molecule has 3 aromatic rings. The zero-order valence-electron chi connectivity index (χ0n) is 15.0. The molecule has 1 saturated heterocycles. The highest BCUT2D eigenvalue weighted by Crippen LogP contribution is 2.29. The molecule has 28 heavy (non-hydrogen) atoms. The van der Waals surface area contributed by atoms with Gasteiger partial charge in [-0.15, -0.1) is 0 Å². The number of alkyl halides is 2. The minimum absolute atomic E-state index is 0.0307. The van der Waals surface area contributed by atoms with E-state index in [9.17, 15) is 13.6 Å². The molecular weight excluding hydrogens is 384 g/mol.